The van der Waals surface area contributed by atoms with Crippen LogP contribution in [0.25, 0.3) is 0 Å². The van der Waals surface area contributed by atoms with Crippen LogP contribution in [0, 0.1) is 18.6 Å². The Kier molecular flexibility index (Phi) is 14.0. The third kappa shape index (κ3) is 10.9. The Labute approximate surface area is 361 Å². The smallest absolute Gasteiger partial charge is 0.297 e. The van der Waals surface area contributed by atoms with Crippen LogP contribution in [0.2, 0.25) is 0 Å². The zero-order valence-corrected chi connectivity index (χ0v) is 35.1. The Balaban J connectivity index is 0.000000191. The van der Waals surface area contributed by atoms with Crippen molar-refractivity contribution in [3.05, 3.63) is 161 Å². The SMILES string of the molecule is C.Cc1ccc(S(=O)(=O)OC2CCC3(CCN(Cc4ccc(F)cc4)CC3)Nc3ccccc32)cc1.OC1CCC2(CCN(Cc3ccc(F)cc3)CC2)Nc2ccccc21. The van der Waals surface area contributed by atoms with Gasteiger partial charge in [0.15, 0.2) is 0 Å². The van der Waals surface area contributed by atoms with Crippen molar-refractivity contribution in [1.82, 2.24) is 9.80 Å². The number of nitrogens with one attached hydrogen (secondary N) is 2. The number of fused-ring (bicyclic) bond motifs is 2. The zero-order chi connectivity index (χ0) is 41.7. The van der Waals surface area contributed by atoms with Gasteiger partial charge in [-0.15, -0.1) is 0 Å². The Morgan fingerprint density at radius 3 is 1.57 bits per heavy atom. The number of rotatable bonds is 7. The maximum Gasteiger partial charge on any atom is 0.297 e. The molecule has 9 rings (SSSR count). The third-order valence-electron chi connectivity index (χ3n) is 13.0. The highest BCUT2D eigenvalue weighted by Crippen LogP contribution is 2.43. The fourth-order valence-corrected chi connectivity index (χ4v) is 10.4. The number of aliphatic hydroxyl groups excluding tert-OH is 1. The van der Waals surface area contributed by atoms with Crippen molar-refractivity contribution in [2.24, 2.45) is 0 Å². The van der Waals surface area contributed by atoms with Crippen LogP contribution < -0.4 is 10.6 Å². The monoisotopic (exact) mass is 850 g/mol. The average Bonchev–Trinajstić information content (AvgIpc) is 3.49. The van der Waals surface area contributed by atoms with Gasteiger partial charge in [0.1, 0.15) is 17.7 Å². The number of hydrogen-bond acceptors (Lipinski definition) is 8. The summed E-state index contributed by atoms with van der Waals surface area (Å²) in [5.41, 5.74) is 7.17. The van der Waals surface area contributed by atoms with E-state index in [1.807, 2.05) is 73.7 Å². The van der Waals surface area contributed by atoms with Gasteiger partial charge in [0, 0.05) is 72.8 Å². The van der Waals surface area contributed by atoms with E-state index in [9.17, 15) is 22.3 Å². The van der Waals surface area contributed by atoms with Crippen LogP contribution in [-0.4, -0.2) is 60.6 Å². The van der Waals surface area contributed by atoms with Crippen molar-refractivity contribution in [2.45, 2.75) is 107 Å². The first-order valence-electron chi connectivity index (χ1n) is 21.3. The molecule has 0 radical (unpaired) electrons. The predicted octanol–water partition coefficient (Wildman–Crippen LogP) is 10.6. The molecule has 5 aromatic carbocycles. The summed E-state index contributed by atoms with van der Waals surface area (Å²) in [5, 5.41) is 18.0. The Bertz CT molecular complexity index is 2310. The number of anilines is 2. The summed E-state index contributed by atoms with van der Waals surface area (Å²) < 4.78 is 58.3. The van der Waals surface area contributed by atoms with Crippen LogP contribution in [0.15, 0.2) is 126 Å². The van der Waals surface area contributed by atoms with Gasteiger partial charge < -0.3 is 15.7 Å². The third-order valence-corrected chi connectivity index (χ3v) is 14.4. The largest absolute Gasteiger partial charge is 0.388 e. The van der Waals surface area contributed by atoms with Crippen LogP contribution in [0.4, 0.5) is 20.2 Å². The Hall–Kier alpha value is -4.65. The number of aliphatic hydroxyl groups is 1. The molecule has 324 valence electrons. The van der Waals surface area contributed by atoms with Crippen LogP contribution >= 0.6 is 0 Å². The van der Waals surface area contributed by atoms with Gasteiger partial charge in [-0.3, -0.25) is 14.0 Å². The van der Waals surface area contributed by atoms with Gasteiger partial charge >= 0.3 is 0 Å². The highest BCUT2D eigenvalue weighted by molar-refractivity contribution is 7.86. The van der Waals surface area contributed by atoms with E-state index in [2.05, 4.69) is 26.5 Å². The number of halogens is 2. The summed E-state index contributed by atoms with van der Waals surface area (Å²) in [6.45, 7) is 7.46. The number of para-hydroxylation sites is 2. The van der Waals surface area contributed by atoms with E-state index >= 15 is 0 Å². The highest BCUT2D eigenvalue weighted by atomic mass is 32.2. The summed E-state index contributed by atoms with van der Waals surface area (Å²) in [4.78, 5) is 5.02. The second kappa shape index (κ2) is 19.2. The molecule has 61 heavy (non-hydrogen) atoms. The van der Waals surface area contributed by atoms with Gasteiger partial charge in [-0.2, -0.15) is 8.42 Å². The van der Waals surface area contributed by atoms with E-state index in [1.54, 1.807) is 24.3 Å². The van der Waals surface area contributed by atoms with Crippen molar-refractivity contribution in [1.29, 1.82) is 0 Å². The predicted molar refractivity (Wildman–Crippen MR) is 240 cm³/mol. The minimum atomic E-state index is -3.89. The lowest BCUT2D eigenvalue weighted by atomic mass is 9.83. The van der Waals surface area contributed by atoms with Crippen LogP contribution in [0.3, 0.4) is 0 Å². The molecule has 5 aromatic rings. The van der Waals surface area contributed by atoms with Gasteiger partial charge in [-0.05, 0) is 118 Å². The summed E-state index contributed by atoms with van der Waals surface area (Å²) in [6, 6.07) is 36.3. The van der Waals surface area contributed by atoms with E-state index in [0.29, 0.717) is 6.42 Å². The molecule has 2 atom stereocenters. The quantitative estimate of drug-likeness (QED) is 0.139. The summed E-state index contributed by atoms with van der Waals surface area (Å²) in [5.74, 6) is -0.393. The van der Waals surface area contributed by atoms with Crippen LogP contribution in [0.1, 0.15) is 98.8 Å². The number of likely N-dealkylation sites (tertiary alicyclic amines) is 2. The molecule has 4 aliphatic heterocycles. The van der Waals surface area contributed by atoms with E-state index < -0.39 is 16.2 Å². The molecule has 0 saturated carbocycles. The first kappa shape index (κ1) is 44.4. The molecular formula is C50H60F2N4O4S. The molecular weight excluding hydrogens is 791 g/mol. The van der Waals surface area contributed by atoms with Gasteiger partial charge in [-0.25, -0.2) is 8.78 Å². The van der Waals surface area contributed by atoms with Gasteiger partial charge in [0.05, 0.1) is 11.0 Å². The van der Waals surface area contributed by atoms with E-state index in [4.69, 9.17) is 4.18 Å². The number of benzene rings is 5. The highest BCUT2D eigenvalue weighted by Gasteiger charge is 2.40. The molecule has 4 heterocycles. The lowest BCUT2D eigenvalue weighted by Gasteiger charge is -2.42. The molecule has 8 nitrogen and oxygen atoms in total. The van der Waals surface area contributed by atoms with Crippen LogP contribution in [0.5, 0.6) is 0 Å². The van der Waals surface area contributed by atoms with Crippen molar-refractivity contribution in [3.8, 4) is 0 Å². The maximum absolute atomic E-state index is 13.2. The average molecular weight is 851 g/mol. The zero-order valence-electron chi connectivity index (χ0n) is 34.3. The fraction of sp³-hybridized carbons (Fsp3) is 0.400. The molecule has 0 bridgehead atoms. The molecule has 0 aliphatic carbocycles. The van der Waals surface area contributed by atoms with Gasteiger partial charge in [0.2, 0.25) is 0 Å². The molecule has 0 amide bonds. The van der Waals surface area contributed by atoms with E-state index in [0.717, 1.165) is 123 Å². The second-order valence-electron chi connectivity index (χ2n) is 17.2. The maximum atomic E-state index is 13.2. The molecule has 2 unspecified atom stereocenters. The topological polar surface area (TPSA) is 94.1 Å². The van der Waals surface area contributed by atoms with E-state index in [-0.39, 0.29) is 41.1 Å². The number of piperidine rings is 2. The minimum absolute atomic E-state index is 0. The molecule has 2 saturated heterocycles. The molecule has 2 fully saturated rings. The normalized spacial score (nSPS) is 20.9. The summed E-state index contributed by atoms with van der Waals surface area (Å²) in [7, 11) is -3.89. The van der Waals surface area contributed by atoms with E-state index in [1.165, 1.54) is 24.3 Å². The van der Waals surface area contributed by atoms with Crippen molar-refractivity contribution in [3.63, 3.8) is 0 Å². The van der Waals surface area contributed by atoms with Crippen LogP contribution in [-0.2, 0) is 27.4 Å². The Morgan fingerprint density at radius 2 is 1.07 bits per heavy atom. The lowest BCUT2D eigenvalue weighted by Crippen LogP contribution is -2.48. The van der Waals surface area contributed by atoms with Gasteiger partial charge in [-0.1, -0.05) is 85.8 Å². The first-order valence-corrected chi connectivity index (χ1v) is 22.7. The van der Waals surface area contributed by atoms with Gasteiger partial charge in [0.25, 0.3) is 10.1 Å². The van der Waals surface area contributed by atoms with Crippen molar-refractivity contribution >= 4 is 21.5 Å². The standard InChI is InChI=1S/C28H31FN2O3S.C21H25FN2O.CH4/c1-21-6-12-24(13-7-21)35(32,33)34-27-14-15-28(30-26-5-3-2-4-25(26)27)16-18-31(19-17-28)20-22-8-10-23(29)11-9-22;22-17-7-5-16(6-8-17)15-24-13-11-21(12-14-24)10-9-20(25)18-3-1-2-4-19(18)23-21;/h2-13,27,30H,14-20H2,1H3;1-8,20,23,25H,9-15H2;1H4. The Morgan fingerprint density at radius 1 is 0.623 bits per heavy atom. The summed E-state index contributed by atoms with van der Waals surface area (Å²) in [6.07, 6.45) is 6.34. The minimum Gasteiger partial charge on any atom is -0.388 e. The number of aryl methyl sites for hydroxylation is 1. The first-order chi connectivity index (χ1) is 29.0. The number of hydrogen-bond donors (Lipinski definition) is 3. The lowest BCUT2D eigenvalue weighted by molar-refractivity contribution is 0.131. The molecule has 3 N–H and O–H groups in total. The number of nitrogens with zero attached hydrogens (tertiary/aromatic N) is 2. The molecule has 0 aromatic heterocycles. The molecule has 11 heteroatoms. The van der Waals surface area contributed by atoms with Crippen molar-refractivity contribution in [2.75, 3.05) is 36.8 Å². The molecule has 2 spiro atoms. The molecule has 4 aliphatic rings. The fourth-order valence-electron chi connectivity index (χ4n) is 9.36. The van der Waals surface area contributed by atoms with Crippen molar-refractivity contribution < 1.29 is 26.5 Å². The summed E-state index contributed by atoms with van der Waals surface area (Å²) >= 11 is 0. The second-order valence-corrected chi connectivity index (χ2v) is 18.8.